The summed E-state index contributed by atoms with van der Waals surface area (Å²) in [6.07, 6.45) is 4.99. The highest BCUT2D eigenvalue weighted by Crippen LogP contribution is 2.24. The van der Waals surface area contributed by atoms with Crippen molar-refractivity contribution < 1.29 is 9.26 Å². The summed E-state index contributed by atoms with van der Waals surface area (Å²) in [6.45, 7) is 9.15. The van der Waals surface area contributed by atoms with E-state index < -0.39 is 0 Å². The zero-order valence-electron chi connectivity index (χ0n) is 15.7. The molecule has 0 saturated carbocycles. The van der Waals surface area contributed by atoms with Crippen molar-refractivity contribution in [2.45, 2.75) is 40.0 Å². The van der Waals surface area contributed by atoms with Crippen LogP contribution in [-0.4, -0.2) is 53.7 Å². The average Bonchev–Trinajstić information content (AvgIpc) is 2.90. The van der Waals surface area contributed by atoms with Gasteiger partial charge in [0, 0.05) is 44.1 Å². The predicted octanol–water partition coefficient (Wildman–Crippen LogP) is 2.32. The second-order valence-corrected chi connectivity index (χ2v) is 7.06. The largest absolute Gasteiger partial charge is 0.375 e. The Hall–Kier alpha value is -1.76. The zero-order chi connectivity index (χ0) is 17.8. The number of nitrogens with zero attached hydrogens (tertiary/aromatic N) is 4. The third-order valence-corrected chi connectivity index (χ3v) is 4.81. The Morgan fingerprint density at radius 1 is 1.28 bits per heavy atom. The van der Waals surface area contributed by atoms with E-state index in [1.54, 1.807) is 0 Å². The average molecular weight is 344 g/mol. The molecule has 25 heavy (non-hydrogen) atoms. The molecule has 3 heterocycles. The summed E-state index contributed by atoms with van der Waals surface area (Å²) >= 11 is 0. The summed E-state index contributed by atoms with van der Waals surface area (Å²) in [5.74, 6) is 0.921. The van der Waals surface area contributed by atoms with Crippen LogP contribution >= 0.6 is 0 Å². The van der Waals surface area contributed by atoms with E-state index in [9.17, 15) is 0 Å². The highest BCUT2D eigenvalue weighted by Gasteiger charge is 2.21. The molecule has 0 radical (unpaired) electrons. The molecule has 0 N–H and O–H groups in total. The number of hydrogen-bond acceptors (Lipinski definition) is 6. The van der Waals surface area contributed by atoms with Gasteiger partial charge in [-0.1, -0.05) is 5.16 Å². The number of pyridine rings is 1. The van der Waals surface area contributed by atoms with Crippen LogP contribution in [-0.2, 0) is 30.9 Å². The third-order valence-electron chi connectivity index (χ3n) is 4.81. The van der Waals surface area contributed by atoms with Crippen LogP contribution in [0.25, 0.3) is 0 Å². The van der Waals surface area contributed by atoms with Gasteiger partial charge < -0.3 is 14.2 Å². The van der Waals surface area contributed by atoms with E-state index in [1.165, 1.54) is 22.3 Å². The molecular formula is C19H28N4O2. The van der Waals surface area contributed by atoms with Crippen LogP contribution < -0.4 is 0 Å². The number of aromatic nitrogens is 2. The number of likely N-dealkylation sites (N-methyl/N-ethyl adjacent to an activating group) is 1. The lowest BCUT2D eigenvalue weighted by molar-refractivity contribution is 0.104. The fourth-order valence-corrected chi connectivity index (χ4v) is 3.27. The van der Waals surface area contributed by atoms with Crippen molar-refractivity contribution in [1.82, 2.24) is 19.9 Å². The molecule has 0 aliphatic carbocycles. The summed E-state index contributed by atoms with van der Waals surface area (Å²) in [4.78, 5) is 9.00. The van der Waals surface area contributed by atoms with Crippen molar-refractivity contribution in [1.29, 1.82) is 0 Å². The summed E-state index contributed by atoms with van der Waals surface area (Å²) in [7, 11) is 4.12. The van der Waals surface area contributed by atoms with Gasteiger partial charge in [-0.15, -0.1) is 0 Å². The van der Waals surface area contributed by atoms with Crippen LogP contribution in [0.5, 0.6) is 0 Å². The van der Waals surface area contributed by atoms with Gasteiger partial charge in [0.1, 0.15) is 5.76 Å². The molecule has 2 aromatic heterocycles. The molecular weight excluding hydrogens is 316 g/mol. The molecule has 136 valence electrons. The van der Waals surface area contributed by atoms with E-state index in [2.05, 4.69) is 34.0 Å². The van der Waals surface area contributed by atoms with Gasteiger partial charge in [-0.2, -0.15) is 0 Å². The van der Waals surface area contributed by atoms with Gasteiger partial charge in [0.2, 0.25) is 0 Å². The predicted molar refractivity (Wildman–Crippen MR) is 96.2 cm³/mol. The van der Waals surface area contributed by atoms with Gasteiger partial charge in [0.05, 0.1) is 18.9 Å². The van der Waals surface area contributed by atoms with Crippen molar-refractivity contribution in [3.63, 3.8) is 0 Å². The summed E-state index contributed by atoms with van der Waals surface area (Å²) in [5.41, 5.74) is 6.15. The van der Waals surface area contributed by atoms with Gasteiger partial charge in [-0.3, -0.25) is 9.88 Å². The van der Waals surface area contributed by atoms with E-state index in [4.69, 9.17) is 9.26 Å². The maximum atomic E-state index is 5.82. The molecule has 6 heteroatoms. The normalized spacial score (nSPS) is 14.9. The molecule has 0 atom stereocenters. The van der Waals surface area contributed by atoms with Gasteiger partial charge in [-0.05, 0) is 51.1 Å². The van der Waals surface area contributed by atoms with E-state index >= 15 is 0 Å². The first-order valence-electron chi connectivity index (χ1n) is 8.85. The topological polar surface area (TPSA) is 54.6 Å². The third kappa shape index (κ3) is 4.45. The Labute approximate surface area is 149 Å². The molecule has 6 nitrogen and oxygen atoms in total. The van der Waals surface area contributed by atoms with Gasteiger partial charge in [0.15, 0.2) is 0 Å². The monoisotopic (exact) mass is 344 g/mol. The summed E-state index contributed by atoms with van der Waals surface area (Å²) in [5, 5.41) is 4.06. The van der Waals surface area contributed by atoms with Crippen molar-refractivity contribution in [3.8, 4) is 0 Å². The smallest absolute Gasteiger partial charge is 0.138 e. The van der Waals surface area contributed by atoms with Crippen molar-refractivity contribution in [2.24, 2.45) is 0 Å². The molecule has 0 bridgehead atoms. The second-order valence-electron chi connectivity index (χ2n) is 7.06. The zero-order valence-corrected chi connectivity index (χ0v) is 15.7. The Bertz CT molecular complexity index is 692. The first-order valence-corrected chi connectivity index (χ1v) is 8.85. The molecule has 0 unspecified atom stereocenters. The molecule has 0 amide bonds. The standard InChI is InChI=1S/C19H28N4O2/c1-14-19(15(2)25-21-14)12-23-6-5-18-16(11-23)9-20-10-17(18)13-24-8-7-22(3)4/h9-10H,5-8,11-13H2,1-4H3. The molecule has 3 rings (SSSR count). The first-order chi connectivity index (χ1) is 12.0. The van der Waals surface area contributed by atoms with E-state index in [1.807, 2.05) is 26.2 Å². The minimum Gasteiger partial charge on any atom is -0.375 e. The lowest BCUT2D eigenvalue weighted by Crippen LogP contribution is -2.31. The lowest BCUT2D eigenvalue weighted by Gasteiger charge is -2.29. The van der Waals surface area contributed by atoms with E-state index in [0.29, 0.717) is 6.61 Å². The molecule has 1 aliphatic heterocycles. The molecule has 2 aromatic rings. The highest BCUT2D eigenvalue weighted by molar-refractivity contribution is 5.34. The summed E-state index contributed by atoms with van der Waals surface area (Å²) < 4.78 is 11.1. The van der Waals surface area contributed by atoms with Crippen LogP contribution in [0.1, 0.15) is 33.7 Å². The van der Waals surface area contributed by atoms with Crippen LogP contribution in [0.2, 0.25) is 0 Å². The maximum absolute atomic E-state index is 5.82. The Kier molecular flexibility index (Phi) is 5.83. The number of rotatable bonds is 7. The van der Waals surface area contributed by atoms with Crippen molar-refractivity contribution >= 4 is 0 Å². The molecule has 0 fully saturated rings. The quantitative estimate of drug-likeness (QED) is 0.719. The van der Waals surface area contributed by atoms with E-state index in [0.717, 1.165) is 50.7 Å². The number of hydrogen-bond donors (Lipinski definition) is 0. The SMILES string of the molecule is Cc1noc(C)c1CN1CCc2c(COCCN(C)C)cncc2C1. The molecule has 1 aliphatic rings. The van der Waals surface area contributed by atoms with Gasteiger partial charge in [0.25, 0.3) is 0 Å². The Morgan fingerprint density at radius 2 is 2.12 bits per heavy atom. The fraction of sp³-hybridized carbons (Fsp3) is 0.579. The highest BCUT2D eigenvalue weighted by atomic mass is 16.5. The van der Waals surface area contributed by atoms with Crippen molar-refractivity contribution in [2.75, 3.05) is 33.8 Å². The Balaban J connectivity index is 1.63. The summed E-state index contributed by atoms with van der Waals surface area (Å²) in [6, 6.07) is 0. The number of ether oxygens (including phenoxy) is 1. The minimum absolute atomic E-state index is 0.647. The van der Waals surface area contributed by atoms with Crippen LogP contribution in [0.3, 0.4) is 0 Å². The van der Waals surface area contributed by atoms with Crippen molar-refractivity contribution in [3.05, 3.63) is 46.1 Å². The van der Waals surface area contributed by atoms with Crippen LogP contribution in [0.4, 0.5) is 0 Å². The minimum atomic E-state index is 0.647. The first kappa shape index (κ1) is 18.0. The van der Waals surface area contributed by atoms with E-state index in [-0.39, 0.29) is 0 Å². The number of fused-ring (bicyclic) bond motifs is 1. The Morgan fingerprint density at radius 3 is 2.84 bits per heavy atom. The molecule has 0 saturated heterocycles. The fourth-order valence-electron chi connectivity index (χ4n) is 3.27. The van der Waals surface area contributed by atoms with Gasteiger partial charge >= 0.3 is 0 Å². The molecule has 0 aromatic carbocycles. The van der Waals surface area contributed by atoms with Gasteiger partial charge in [-0.25, -0.2) is 0 Å². The lowest BCUT2D eigenvalue weighted by atomic mass is 9.97. The maximum Gasteiger partial charge on any atom is 0.138 e. The van der Waals surface area contributed by atoms with Crippen LogP contribution in [0, 0.1) is 13.8 Å². The second kappa shape index (κ2) is 8.08. The van der Waals surface area contributed by atoms with Crippen LogP contribution in [0.15, 0.2) is 16.9 Å². The molecule has 0 spiro atoms. The number of aryl methyl sites for hydroxylation is 2.